The van der Waals surface area contributed by atoms with Gasteiger partial charge in [-0.25, -0.2) is 4.39 Å². The van der Waals surface area contributed by atoms with Gasteiger partial charge in [-0.05, 0) is 49.1 Å². The second kappa shape index (κ2) is 8.75. The first-order valence-corrected chi connectivity index (χ1v) is 11.3. The van der Waals surface area contributed by atoms with Crippen LogP contribution < -0.4 is 0 Å². The molecule has 2 aromatic carbocycles. The Morgan fingerprint density at radius 2 is 1.87 bits per heavy atom. The van der Waals surface area contributed by atoms with E-state index < -0.39 is 0 Å². The lowest BCUT2D eigenvalue weighted by molar-refractivity contribution is -0.135. The number of fused-ring (bicyclic) bond motifs is 2. The molecule has 160 valence electrons. The summed E-state index contributed by atoms with van der Waals surface area (Å²) >= 11 is 0. The molecule has 4 nitrogen and oxygen atoms in total. The standard InChI is InChI=1S/C26H28FN3O/c27-22-8-2-1-6-21(22)18-30-25-13-15-29(24(25)9-3-4-10-26(30)31)17-19-11-12-23-20(16-19)7-5-14-28-23/h1-2,5-8,11-12,14,16,24-25H,3-4,9-10,13,15,17-18H2/t24-,25+/m1/s1. The van der Waals surface area contributed by atoms with E-state index in [2.05, 4.69) is 34.1 Å². The van der Waals surface area contributed by atoms with Gasteiger partial charge in [0.05, 0.1) is 5.52 Å². The number of likely N-dealkylation sites (tertiary alicyclic amines) is 2. The zero-order valence-electron chi connectivity index (χ0n) is 17.7. The lowest BCUT2D eigenvalue weighted by Gasteiger charge is -2.37. The second-order valence-electron chi connectivity index (χ2n) is 8.78. The number of hydrogen-bond acceptors (Lipinski definition) is 3. The van der Waals surface area contributed by atoms with Gasteiger partial charge in [0.1, 0.15) is 5.82 Å². The van der Waals surface area contributed by atoms with Crippen LogP contribution in [0.2, 0.25) is 0 Å². The van der Waals surface area contributed by atoms with Crippen LogP contribution in [-0.4, -0.2) is 39.3 Å². The zero-order chi connectivity index (χ0) is 21.2. The Morgan fingerprint density at radius 1 is 0.968 bits per heavy atom. The number of rotatable bonds is 4. The quantitative estimate of drug-likeness (QED) is 0.605. The highest BCUT2D eigenvalue weighted by atomic mass is 19.1. The molecule has 0 unspecified atom stereocenters. The summed E-state index contributed by atoms with van der Waals surface area (Å²) in [5.41, 5.74) is 2.89. The minimum atomic E-state index is -0.228. The van der Waals surface area contributed by atoms with Crippen molar-refractivity contribution in [3.05, 3.63) is 77.7 Å². The monoisotopic (exact) mass is 417 g/mol. The van der Waals surface area contributed by atoms with Crippen LogP contribution in [0.3, 0.4) is 0 Å². The minimum Gasteiger partial charge on any atom is -0.334 e. The predicted octanol–water partition coefficient (Wildman–Crippen LogP) is 4.92. The predicted molar refractivity (Wildman–Crippen MR) is 120 cm³/mol. The summed E-state index contributed by atoms with van der Waals surface area (Å²) in [5.74, 6) is -0.0647. The maximum atomic E-state index is 14.3. The molecule has 0 aliphatic carbocycles. The highest BCUT2D eigenvalue weighted by Gasteiger charge is 2.40. The molecule has 2 fully saturated rings. The average molecular weight is 418 g/mol. The smallest absolute Gasteiger partial charge is 0.223 e. The first kappa shape index (κ1) is 20.1. The van der Waals surface area contributed by atoms with Crippen LogP contribution in [-0.2, 0) is 17.9 Å². The van der Waals surface area contributed by atoms with Gasteiger partial charge in [-0.3, -0.25) is 14.7 Å². The van der Waals surface area contributed by atoms with E-state index in [-0.39, 0.29) is 17.8 Å². The van der Waals surface area contributed by atoms with Crippen LogP contribution in [0.1, 0.15) is 43.2 Å². The number of aromatic nitrogens is 1. The number of amides is 1. The fourth-order valence-corrected chi connectivity index (χ4v) is 5.27. The van der Waals surface area contributed by atoms with Gasteiger partial charge in [0, 0.05) is 55.3 Å². The SMILES string of the molecule is O=C1CCCC[C@@H]2[C@H](CCN2Cc2ccc3ncccc3c2)N1Cc1ccccc1F. The molecule has 2 saturated heterocycles. The maximum absolute atomic E-state index is 14.3. The largest absolute Gasteiger partial charge is 0.334 e. The van der Waals surface area contributed by atoms with Crippen molar-refractivity contribution in [1.82, 2.24) is 14.8 Å². The Bertz CT molecular complexity index is 1080. The van der Waals surface area contributed by atoms with Gasteiger partial charge >= 0.3 is 0 Å². The van der Waals surface area contributed by atoms with E-state index in [1.165, 1.54) is 11.6 Å². The lowest BCUT2D eigenvalue weighted by atomic mass is 9.96. The van der Waals surface area contributed by atoms with Crippen molar-refractivity contribution in [2.75, 3.05) is 6.54 Å². The number of carbonyl (C=O) groups is 1. The second-order valence-corrected chi connectivity index (χ2v) is 8.78. The molecule has 3 aromatic rings. The van der Waals surface area contributed by atoms with E-state index in [1.54, 1.807) is 12.1 Å². The molecule has 2 aliphatic rings. The van der Waals surface area contributed by atoms with Crippen LogP contribution in [0.25, 0.3) is 10.9 Å². The van der Waals surface area contributed by atoms with Crippen molar-refractivity contribution in [2.24, 2.45) is 0 Å². The molecule has 1 aromatic heterocycles. The van der Waals surface area contributed by atoms with Crippen molar-refractivity contribution in [2.45, 2.75) is 57.3 Å². The lowest BCUT2D eigenvalue weighted by Crippen LogP contribution is -2.48. The summed E-state index contributed by atoms with van der Waals surface area (Å²) in [6.07, 6.45) is 6.39. The van der Waals surface area contributed by atoms with Crippen molar-refractivity contribution in [1.29, 1.82) is 0 Å². The van der Waals surface area contributed by atoms with E-state index in [9.17, 15) is 9.18 Å². The number of halogens is 1. The Hall–Kier alpha value is -2.79. The van der Waals surface area contributed by atoms with Gasteiger partial charge in [-0.2, -0.15) is 0 Å². The summed E-state index contributed by atoms with van der Waals surface area (Å²) in [6, 6.07) is 17.8. The van der Waals surface area contributed by atoms with Crippen molar-refractivity contribution >= 4 is 16.8 Å². The molecule has 2 aliphatic heterocycles. The first-order chi connectivity index (χ1) is 15.2. The molecule has 3 heterocycles. The van der Waals surface area contributed by atoms with Crippen LogP contribution in [0.15, 0.2) is 60.8 Å². The van der Waals surface area contributed by atoms with E-state index >= 15 is 0 Å². The molecule has 1 amide bonds. The normalized spacial score (nSPS) is 22.4. The summed E-state index contributed by atoms with van der Waals surface area (Å²) in [5, 5.41) is 1.16. The van der Waals surface area contributed by atoms with Crippen LogP contribution in [0, 0.1) is 5.82 Å². The third-order valence-corrected chi connectivity index (χ3v) is 6.84. The molecule has 31 heavy (non-hydrogen) atoms. The molecule has 0 saturated carbocycles. The summed E-state index contributed by atoms with van der Waals surface area (Å²) in [7, 11) is 0. The molecular weight excluding hydrogens is 389 g/mol. The van der Waals surface area contributed by atoms with E-state index in [1.807, 2.05) is 23.2 Å². The summed E-state index contributed by atoms with van der Waals surface area (Å²) < 4.78 is 14.3. The number of carbonyl (C=O) groups excluding carboxylic acids is 1. The summed E-state index contributed by atoms with van der Waals surface area (Å²) in [6.45, 7) is 2.19. The van der Waals surface area contributed by atoms with Crippen molar-refractivity contribution in [3.8, 4) is 0 Å². The molecule has 0 N–H and O–H groups in total. The zero-order valence-corrected chi connectivity index (χ0v) is 17.7. The fraction of sp³-hybridized carbons (Fsp3) is 0.385. The Kier molecular flexibility index (Phi) is 5.68. The minimum absolute atomic E-state index is 0.148. The molecule has 0 spiro atoms. The highest BCUT2D eigenvalue weighted by Crippen LogP contribution is 2.32. The molecule has 2 atom stereocenters. The third kappa shape index (κ3) is 4.19. The van der Waals surface area contributed by atoms with Gasteiger partial charge < -0.3 is 4.90 Å². The Balaban J connectivity index is 1.38. The van der Waals surface area contributed by atoms with E-state index in [4.69, 9.17) is 0 Å². The van der Waals surface area contributed by atoms with Gasteiger partial charge in [0.25, 0.3) is 0 Å². The summed E-state index contributed by atoms with van der Waals surface area (Å²) in [4.78, 5) is 21.9. The fourth-order valence-electron chi connectivity index (χ4n) is 5.27. The van der Waals surface area contributed by atoms with Crippen molar-refractivity contribution < 1.29 is 9.18 Å². The maximum Gasteiger partial charge on any atom is 0.223 e. The first-order valence-electron chi connectivity index (χ1n) is 11.3. The number of benzene rings is 2. The molecule has 0 bridgehead atoms. The van der Waals surface area contributed by atoms with Crippen LogP contribution in [0.5, 0.6) is 0 Å². The third-order valence-electron chi connectivity index (χ3n) is 6.84. The molecule has 5 heteroatoms. The molecule has 5 rings (SSSR count). The Morgan fingerprint density at radius 3 is 2.77 bits per heavy atom. The number of nitrogens with zero attached hydrogens (tertiary/aromatic N) is 3. The molecule has 0 radical (unpaired) electrons. The van der Waals surface area contributed by atoms with E-state index in [0.717, 1.165) is 49.7 Å². The van der Waals surface area contributed by atoms with Crippen LogP contribution in [0.4, 0.5) is 4.39 Å². The number of pyridine rings is 1. The van der Waals surface area contributed by atoms with Crippen LogP contribution >= 0.6 is 0 Å². The average Bonchev–Trinajstić information content (AvgIpc) is 3.16. The molecular formula is C26H28FN3O. The van der Waals surface area contributed by atoms with Gasteiger partial charge in [-0.1, -0.05) is 36.8 Å². The topological polar surface area (TPSA) is 36.4 Å². The van der Waals surface area contributed by atoms with Gasteiger partial charge in [0.2, 0.25) is 5.91 Å². The van der Waals surface area contributed by atoms with Gasteiger partial charge in [0.15, 0.2) is 0 Å². The van der Waals surface area contributed by atoms with Gasteiger partial charge in [-0.15, -0.1) is 0 Å². The van der Waals surface area contributed by atoms with Crippen molar-refractivity contribution in [3.63, 3.8) is 0 Å². The highest BCUT2D eigenvalue weighted by molar-refractivity contribution is 5.79. The number of hydrogen-bond donors (Lipinski definition) is 0. The van der Waals surface area contributed by atoms with E-state index in [0.29, 0.717) is 24.6 Å². The Labute approximate surface area is 182 Å².